The second-order valence-corrected chi connectivity index (χ2v) is 4.29. The van der Waals surface area contributed by atoms with Crippen molar-refractivity contribution in [3.05, 3.63) is 29.8 Å². The highest BCUT2D eigenvalue weighted by molar-refractivity contribution is 5.26. The van der Waals surface area contributed by atoms with E-state index < -0.39 is 6.10 Å². The predicted molar refractivity (Wildman–Crippen MR) is 73.6 cm³/mol. The summed E-state index contributed by atoms with van der Waals surface area (Å²) in [6.45, 7) is 3.67. The molecule has 1 rings (SSSR count). The quantitative estimate of drug-likeness (QED) is 0.543. The maximum absolute atomic E-state index is 9.69. The fourth-order valence-corrected chi connectivity index (χ4v) is 1.47. The largest absolute Gasteiger partial charge is 0.491 e. The number of hydrogen-bond acceptors (Lipinski definition) is 3. The van der Waals surface area contributed by atoms with Crippen LogP contribution in [0.3, 0.4) is 0 Å². The highest BCUT2D eigenvalue weighted by atomic mass is 16.5. The zero-order chi connectivity index (χ0) is 13.2. The lowest BCUT2D eigenvalue weighted by atomic mass is 10.2. The Morgan fingerprint density at radius 2 is 2.11 bits per heavy atom. The molecule has 0 amide bonds. The third kappa shape index (κ3) is 6.29. The molecule has 3 heteroatoms. The minimum absolute atomic E-state index is 0.297. The number of nitrogens with one attached hydrogen (secondary N) is 1. The van der Waals surface area contributed by atoms with Crippen molar-refractivity contribution in [3.63, 3.8) is 0 Å². The van der Waals surface area contributed by atoms with E-state index in [2.05, 4.69) is 11.2 Å². The first-order valence-electron chi connectivity index (χ1n) is 6.24. The fraction of sp³-hybridized carbons (Fsp3) is 0.467. The van der Waals surface area contributed by atoms with Crippen LogP contribution in [0.15, 0.2) is 24.3 Å². The van der Waals surface area contributed by atoms with Gasteiger partial charge in [-0.3, -0.25) is 0 Å². The van der Waals surface area contributed by atoms with E-state index >= 15 is 0 Å². The summed E-state index contributed by atoms with van der Waals surface area (Å²) in [4.78, 5) is 0. The number of benzene rings is 1. The van der Waals surface area contributed by atoms with Gasteiger partial charge in [0.25, 0.3) is 0 Å². The number of ether oxygens (including phenoxy) is 1. The minimum atomic E-state index is -0.503. The van der Waals surface area contributed by atoms with Crippen LogP contribution in [0.25, 0.3) is 0 Å². The van der Waals surface area contributed by atoms with E-state index in [0.717, 1.165) is 25.1 Å². The van der Waals surface area contributed by atoms with E-state index in [4.69, 9.17) is 11.2 Å². The molecule has 0 saturated heterocycles. The van der Waals surface area contributed by atoms with Gasteiger partial charge in [-0.15, -0.1) is 12.3 Å². The number of unbranched alkanes of at least 4 members (excludes halogenated alkanes) is 1. The molecule has 0 aromatic heterocycles. The summed E-state index contributed by atoms with van der Waals surface area (Å²) in [5.74, 6) is 3.36. The van der Waals surface area contributed by atoms with Crippen molar-refractivity contribution in [2.75, 3.05) is 19.7 Å². The van der Waals surface area contributed by atoms with E-state index in [9.17, 15) is 5.11 Å². The molecule has 0 aliphatic rings. The molecule has 0 aliphatic heterocycles. The van der Waals surface area contributed by atoms with Gasteiger partial charge in [-0.2, -0.15) is 0 Å². The van der Waals surface area contributed by atoms with Crippen LogP contribution in [-0.4, -0.2) is 30.9 Å². The van der Waals surface area contributed by atoms with E-state index in [1.54, 1.807) is 0 Å². The number of terminal acetylenes is 1. The summed E-state index contributed by atoms with van der Waals surface area (Å²) in [6.07, 6.45) is 6.34. The molecule has 0 bridgehead atoms. The molecule has 1 aromatic rings. The molecule has 0 aliphatic carbocycles. The maximum Gasteiger partial charge on any atom is 0.119 e. The molecule has 1 aromatic carbocycles. The van der Waals surface area contributed by atoms with Gasteiger partial charge in [0.2, 0.25) is 0 Å². The van der Waals surface area contributed by atoms with Crippen molar-refractivity contribution < 1.29 is 9.84 Å². The summed E-state index contributed by atoms with van der Waals surface area (Å²) in [5.41, 5.74) is 1.19. The molecule has 1 atom stereocenters. The Balaban J connectivity index is 2.11. The molecular formula is C15H21NO2. The molecule has 0 saturated carbocycles. The Morgan fingerprint density at radius 1 is 1.39 bits per heavy atom. The molecule has 0 spiro atoms. The molecule has 0 fully saturated rings. The molecule has 0 radical (unpaired) electrons. The molecular weight excluding hydrogens is 226 g/mol. The summed E-state index contributed by atoms with van der Waals surface area (Å²) >= 11 is 0. The van der Waals surface area contributed by atoms with Crippen LogP contribution in [0.2, 0.25) is 0 Å². The zero-order valence-electron chi connectivity index (χ0n) is 10.9. The normalized spacial score (nSPS) is 11.8. The Hall–Kier alpha value is -1.50. The molecule has 18 heavy (non-hydrogen) atoms. The van der Waals surface area contributed by atoms with Gasteiger partial charge in [0.05, 0.1) is 0 Å². The van der Waals surface area contributed by atoms with E-state index in [1.165, 1.54) is 5.56 Å². The first-order chi connectivity index (χ1) is 8.72. The topological polar surface area (TPSA) is 41.5 Å². The summed E-state index contributed by atoms with van der Waals surface area (Å²) in [7, 11) is 0. The van der Waals surface area contributed by atoms with Gasteiger partial charge in [-0.1, -0.05) is 17.7 Å². The maximum atomic E-state index is 9.69. The first-order valence-corrected chi connectivity index (χ1v) is 6.24. The van der Waals surface area contributed by atoms with Crippen LogP contribution in [0.1, 0.15) is 18.4 Å². The Bertz CT molecular complexity index is 367. The molecule has 0 heterocycles. The van der Waals surface area contributed by atoms with Gasteiger partial charge in [0.1, 0.15) is 18.5 Å². The van der Waals surface area contributed by atoms with Crippen LogP contribution in [0.4, 0.5) is 0 Å². The van der Waals surface area contributed by atoms with Crippen molar-refractivity contribution >= 4 is 0 Å². The summed E-state index contributed by atoms with van der Waals surface area (Å²) in [6, 6.07) is 7.78. The zero-order valence-corrected chi connectivity index (χ0v) is 10.9. The Labute approximate surface area is 109 Å². The second-order valence-electron chi connectivity index (χ2n) is 4.29. The Morgan fingerprint density at radius 3 is 2.78 bits per heavy atom. The van der Waals surface area contributed by atoms with Crippen molar-refractivity contribution in [2.24, 2.45) is 0 Å². The van der Waals surface area contributed by atoms with Gasteiger partial charge in [0, 0.05) is 13.0 Å². The minimum Gasteiger partial charge on any atom is -0.491 e. The average molecular weight is 247 g/mol. The van der Waals surface area contributed by atoms with E-state index in [-0.39, 0.29) is 0 Å². The molecule has 2 N–H and O–H groups in total. The lowest BCUT2D eigenvalue weighted by Gasteiger charge is -2.13. The number of aliphatic hydroxyl groups is 1. The van der Waals surface area contributed by atoms with Gasteiger partial charge < -0.3 is 15.2 Å². The standard InChI is InChI=1S/C15H21NO2/c1-3-4-5-10-16-11-14(17)12-18-15-8-6-13(2)7-9-15/h1,6-9,14,16-17H,4-5,10-12H2,2H3. The number of aryl methyl sites for hydroxylation is 1. The molecule has 1 unspecified atom stereocenters. The number of rotatable bonds is 8. The second kappa shape index (κ2) is 8.57. The third-order valence-corrected chi connectivity index (χ3v) is 2.52. The number of aliphatic hydroxyl groups excluding tert-OH is 1. The van der Waals surface area contributed by atoms with Crippen molar-refractivity contribution in [3.8, 4) is 18.1 Å². The Kier molecular flexibility index (Phi) is 6.93. The monoisotopic (exact) mass is 247 g/mol. The predicted octanol–water partition coefficient (Wildman–Crippen LogP) is 1.74. The fourth-order valence-electron chi connectivity index (χ4n) is 1.47. The van der Waals surface area contributed by atoms with Crippen LogP contribution >= 0.6 is 0 Å². The third-order valence-electron chi connectivity index (χ3n) is 2.52. The molecule has 98 valence electrons. The molecule has 3 nitrogen and oxygen atoms in total. The number of hydrogen-bond donors (Lipinski definition) is 2. The van der Waals surface area contributed by atoms with Gasteiger partial charge in [0.15, 0.2) is 0 Å². The first kappa shape index (κ1) is 14.6. The van der Waals surface area contributed by atoms with Gasteiger partial charge >= 0.3 is 0 Å². The lowest BCUT2D eigenvalue weighted by molar-refractivity contribution is 0.106. The van der Waals surface area contributed by atoms with E-state index in [0.29, 0.717) is 13.2 Å². The lowest BCUT2D eigenvalue weighted by Crippen LogP contribution is -2.31. The van der Waals surface area contributed by atoms with Crippen molar-refractivity contribution in [1.82, 2.24) is 5.32 Å². The van der Waals surface area contributed by atoms with Gasteiger partial charge in [-0.05, 0) is 32.0 Å². The van der Waals surface area contributed by atoms with Crippen LogP contribution in [-0.2, 0) is 0 Å². The van der Waals surface area contributed by atoms with Crippen LogP contribution in [0.5, 0.6) is 5.75 Å². The summed E-state index contributed by atoms with van der Waals surface area (Å²) in [5, 5.41) is 12.8. The highest BCUT2D eigenvalue weighted by Gasteiger charge is 2.04. The van der Waals surface area contributed by atoms with Gasteiger partial charge in [-0.25, -0.2) is 0 Å². The average Bonchev–Trinajstić information content (AvgIpc) is 2.38. The summed E-state index contributed by atoms with van der Waals surface area (Å²) < 4.78 is 5.48. The SMILES string of the molecule is C#CCCCNCC(O)COc1ccc(C)cc1. The van der Waals surface area contributed by atoms with Crippen molar-refractivity contribution in [2.45, 2.75) is 25.9 Å². The van der Waals surface area contributed by atoms with Crippen molar-refractivity contribution in [1.29, 1.82) is 0 Å². The smallest absolute Gasteiger partial charge is 0.119 e. The van der Waals surface area contributed by atoms with Crippen LogP contribution in [0, 0.1) is 19.3 Å². The van der Waals surface area contributed by atoms with E-state index in [1.807, 2.05) is 31.2 Å². The van der Waals surface area contributed by atoms with Crippen LogP contribution < -0.4 is 10.1 Å². The highest BCUT2D eigenvalue weighted by Crippen LogP contribution is 2.11.